The van der Waals surface area contributed by atoms with E-state index in [-0.39, 0.29) is 0 Å². The number of nitrogens with two attached hydrogens (primary N) is 1. The third kappa shape index (κ3) is 2.24. The lowest BCUT2D eigenvalue weighted by Gasteiger charge is -2.23. The lowest BCUT2D eigenvalue weighted by Crippen LogP contribution is -2.16. The second-order valence-electron chi connectivity index (χ2n) is 5.20. The molecule has 2 nitrogen and oxygen atoms in total. The zero-order chi connectivity index (χ0) is 13.2. The van der Waals surface area contributed by atoms with Gasteiger partial charge in [0.25, 0.3) is 0 Å². The van der Waals surface area contributed by atoms with Crippen LogP contribution in [-0.2, 0) is 12.8 Å². The highest BCUT2D eigenvalue weighted by Crippen LogP contribution is 2.36. The molecule has 2 N–H and O–H groups in total. The largest absolute Gasteiger partial charge is 0.341 e. The predicted molar refractivity (Wildman–Crippen MR) is 81.1 cm³/mol. The summed E-state index contributed by atoms with van der Waals surface area (Å²) in [7, 11) is 0. The summed E-state index contributed by atoms with van der Waals surface area (Å²) in [6.45, 7) is 3.91. The number of para-hydroxylation sites is 1. The van der Waals surface area contributed by atoms with Gasteiger partial charge < -0.3 is 10.6 Å². The Morgan fingerprint density at radius 1 is 1.11 bits per heavy atom. The minimum atomic E-state index is 0.700. The Morgan fingerprint density at radius 2 is 1.95 bits per heavy atom. The first-order chi connectivity index (χ1) is 9.29. The van der Waals surface area contributed by atoms with Gasteiger partial charge in [0.15, 0.2) is 0 Å². The van der Waals surface area contributed by atoms with Crippen molar-refractivity contribution in [2.75, 3.05) is 18.0 Å². The highest BCUT2D eigenvalue weighted by molar-refractivity contribution is 5.72. The van der Waals surface area contributed by atoms with Gasteiger partial charge >= 0.3 is 0 Å². The van der Waals surface area contributed by atoms with Crippen LogP contribution in [-0.4, -0.2) is 13.1 Å². The third-order valence-electron chi connectivity index (χ3n) is 3.83. The van der Waals surface area contributed by atoms with Gasteiger partial charge in [-0.25, -0.2) is 0 Å². The van der Waals surface area contributed by atoms with Crippen molar-refractivity contribution in [3.05, 3.63) is 59.2 Å². The Hall–Kier alpha value is -1.80. The number of nitrogens with zero attached hydrogens (tertiary/aromatic N) is 1. The van der Waals surface area contributed by atoms with Gasteiger partial charge in [0.05, 0.1) is 0 Å². The summed E-state index contributed by atoms with van der Waals surface area (Å²) in [6.07, 6.45) is 2.07. The Morgan fingerprint density at radius 3 is 2.79 bits per heavy atom. The fourth-order valence-electron chi connectivity index (χ4n) is 2.92. The molecule has 0 spiro atoms. The van der Waals surface area contributed by atoms with Crippen LogP contribution in [0.15, 0.2) is 42.5 Å². The molecule has 0 atom stereocenters. The lowest BCUT2D eigenvalue weighted by molar-refractivity contribution is 0.937. The number of aryl methyl sites for hydroxylation is 1. The lowest BCUT2D eigenvalue weighted by atomic mass is 10.1. The van der Waals surface area contributed by atoms with Gasteiger partial charge in [-0.3, -0.25) is 0 Å². The minimum absolute atomic E-state index is 0.700. The number of hydrogen-bond acceptors (Lipinski definition) is 2. The molecular formula is C17H20N2. The smallest absolute Gasteiger partial charge is 0.0444 e. The van der Waals surface area contributed by atoms with Gasteiger partial charge in [-0.15, -0.1) is 0 Å². The van der Waals surface area contributed by atoms with Crippen molar-refractivity contribution in [1.29, 1.82) is 0 Å². The van der Waals surface area contributed by atoms with E-state index >= 15 is 0 Å². The summed E-state index contributed by atoms with van der Waals surface area (Å²) in [5.41, 5.74) is 12.5. The van der Waals surface area contributed by atoms with Crippen LogP contribution < -0.4 is 10.6 Å². The van der Waals surface area contributed by atoms with Crippen molar-refractivity contribution < 1.29 is 0 Å². The van der Waals surface area contributed by atoms with Crippen LogP contribution in [0.25, 0.3) is 0 Å². The molecule has 3 rings (SSSR count). The van der Waals surface area contributed by atoms with E-state index in [1.807, 2.05) is 0 Å². The topological polar surface area (TPSA) is 29.3 Å². The molecule has 0 saturated heterocycles. The third-order valence-corrected chi connectivity index (χ3v) is 3.83. The Balaban J connectivity index is 2.04. The summed E-state index contributed by atoms with van der Waals surface area (Å²) in [4.78, 5) is 2.43. The fourth-order valence-corrected chi connectivity index (χ4v) is 2.92. The summed E-state index contributed by atoms with van der Waals surface area (Å²) in [5.74, 6) is 0. The number of benzene rings is 2. The molecule has 19 heavy (non-hydrogen) atoms. The first-order valence-corrected chi connectivity index (χ1v) is 6.94. The summed E-state index contributed by atoms with van der Waals surface area (Å²) < 4.78 is 0. The van der Waals surface area contributed by atoms with Gasteiger partial charge in [-0.2, -0.15) is 0 Å². The number of anilines is 2. The summed E-state index contributed by atoms with van der Waals surface area (Å²) in [6, 6.07) is 15.4. The summed E-state index contributed by atoms with van der Waals surface area (Å²) >= 11 is 0. The van der Waals surface area contributed by atoms with Crippen LogP contribution in [0.4, 0.5) is 11.4 Å². The molecule has 0 saturated carbocycles. The van der Waals surface area contributed by atoms with Gasteiger partial charge in [0.1, 0.15) is 0 Å². The average molecular weight is 252 g/mol. The molecule has 0 amide bonds. The van der Waals surface area contributed by atoms with Crippen LogP contribution in [0.2, 0.25) is 0 Å². The van der Waals surface area contributed by atoms with E-state index < -0.39 is 0 Å². The maximum absolute atomic E-state index is 5.75. The highest BCUT2D eigenvalue weighted by atomic mass is 15.2. The average Bonchev–Trinajstić information content (AvgIpc) is 2.83. The van der Waals surface area contributed by atoms with Gasteiger partial charge in [-0.05, 0) is 49.6 Å². The first-order valence-electron chi connectivity index (χ1n) is 6.94. The van der Waals surface area contributed by atoms with Crippen molar-refractivity contribution in [2.24, 2.45) is 5.73 Å². The van der Waals surface area contributed by atoms with E-state index in [0.29, 0.717) is 6.54 Å². The van der Waals surface area contributed by atoms with Crippen LogP contribution in [0.1, 0.15) is 16.7 Å². The minimum Gasteiger partial charge on any atom is -0.341 e. The number of rotatable bonds is 3. The van der Waals surface area contributed by atoms with Crippen molar-refractivity contribution in [1.82, 2.24) is 0 Å². The van der Waals surface area contributed by atoms with Gasteiger partial charge in [-0.1, -0.05) is 35.9 Å². The van der Waals surface area contributed by atoms with Crippen molar-refractivity contribution in [2.45, 2.75) is 19.8 Å². The fraction of sp³-hybridized carbons (Fsp3) is 0.294. The monoisotopic (exact) mass is 252 g/mol. The van der Waals surface area contributed by atoms with E-state index in [0.717, 1.165) is 19.4 Å². The highest BCUT2D eigenvalue weighted by Gasteiger charge is 2.21. The number of fused-ring (bicyclic) bond motifs is 1. The molecule has 0 aliphatic carbocycles. The predicted octanol–water partition coefficient (Wildman–Crippen LogP) is 3.19. The second-order valence-corrected chi connectivity index (χ2v) is 5.20. The van der Waals surface area contributed by atoms with Crippen molar-refractivity contribution in [3.8, 4) is 0 Å². The van der Waals surface area contributed by atoms with E-state index in [1.165, 1.54) is 28.1 Å². The molecule has 1 heterocycles. The van der Waals surface area contributed by atoms with E-state index in [2.05, 4.69) is 54.3 Å². The van der Waals surface area contributed by atoms with Crippen molar-refractivity contribution >= 4 is 11.4 Å². The standard InChI is InChI=1S/C17H20N2/c1-13-6-7-17(15(12-13)8-10-18)19-11-9-14-4-2-3-5-16(14)19/h2-7,12H,8-11,18H2,1H3. The molecule has 0 aromatic heterocycles. The molecule has 1 aliphatic heterocycles. The quantitative estimate of drug-likeness (QED) is 0.909. The van der Waals surface area contributed by atoms with E-state index in [9.17, 15) is 0 Å². The molecule has 1 aliphatic rings. The molecule has 2 heteroatoms. The molecule has 98 valence electrons. The molecule has 0 unspecified atom stereocenters. The molecule has 0 bridgehead atoms. The van der Waals surface area contributed by atoms with Crippen molar-refractivity contribution in [3.63, 3.8) is 0 Å². The SMILES string of the molecule is Cc1ccc(N2CCc3ccccc32)c(CCN)c1. The van der Waals surface area contributed by atoms with Crippen LogP contribution in [0.3, 0.4) is 0 Å². The van der Waals surface area contributed by atoms with Crippen LogP contribution >= 0.6 is 0 Å². The first kappa shape index (κ1) is 12.2. The molecular weight excluding hydrogens is 232 g/mol. The molecule has 2 aromatic carbocycles. The Labute approximate surface area is 114 Å². The van der Waals surface area contributed by atoms with Gasteiger partial charge in [0.2, 0.25) is 0 Å². The van der Waals surface area contributed by atoms with Crippen LogP contribution in [0.5, 0.6) is 0 Å². The summed E-state index contributed by atoms with van der Waals surface area (Å²) in [5, 5.41) is 0. The van der Waals surface area contributed by atoms with E-state index in [1.54, 1.807) is 0 Å². The molecule has 0 fully saturated rings. The molecule has 2 aromatic rings. The zero-order valence-corrected chi connectivity index (χ0v) is 11.4. The van der Waals surface area contributed by atoms with Crippen LogP contribution in [0, 0.1) is 6.92 Å². The normalized spacial score (nSPS) is 13.7. The van der Waals surface area contributed by atoms with E-state index in [4.69, 9.17) is 5.73 Å². The maximum atomic E-state index is 5.75. The Kier molecular flexibility index (Phi) is 3.26. The maximum Gasteiger partial charge on any atom is 0.0444 e. The second kappa shape index (κ2) is 5.06. The zero-order valence-electron chi connectivity index (χ0n) is 11.4. The van der Waals surface area contributed by atoms with Gasteiger partial charge in [0, 0.05) is 17.9 Å². The Bertz CT molecular complexity index is 590. The number of hydrogen-bond donors (Lipinski definition) is 1. The molecule has 0 radical (unpaired) electrons.